The van der Waals surface area contributed by atoms with Crippen molar-refractivity contribution >= 4 is 0 Å². The summed E-state index contributed by atoms with van der Waals surface area (Å²) in [6.07, 6.45) is 5.02. The molecule has 1 aliphatic heterocycles. The van der Waals surface area contributed by atoms with Gasteiger partial charge in [-0.15, -0.1) is 0 Å². The van der Waals surface area contributed by atoms with Crippen LogP contribution in [0, 0.1) is 0 Å². The van der Waals surface area contributed by atoms with Crippen molar-refractivity contribution in [3.05, 3.63) is 94.2 Å². The first-order valence-electron chi connectivity index (χ1n) is 10.9. The largest absolute Gasteiger partial charge is 0.483 e. The zero-order valence-corrected chi connectivity index (χ0v) is 17.9. The van der Waals surface area contributed by atoms with Crippen LogP contribution in [0.3, 0.4) is 0 Å². The Balaban J connectivity index is 1.76. The Kier molecular flexibility index (Phi) is 7.66. The Morgan fingerprint density at radius 1 is 1.12 bits per heavy atom. The van der Waals surface area contributed by atoms with Gasteiger partial charge in [-0.3, -0.25) is 9.78 Å². The van der Waals surface area contributed by atoms with E-state index in [1.807, 2.05) is 48.5 Å². The maximum absolute atomic E-state index is 12.9. The molecule has 3 aromatic rings. The van der Waals surface area contributed by atoms with Crippen molar-refractivity contribution in [2.75, 3.05) is 13.2 Å². The van der Waals surface area contributed by atoms with Crippen LogP contribution >= 0.6 is 0 Å². The summed E-state index contributed by atoms with van der Waals surface area (Å²) in [7, 11) is 0. The fourth-order valence-corrected chi connectivity index (χ4v) is 3.79. The first-order valence-corrected chi connectivity index (χ1v) is 10.9. The Morgan fingerprint density at radius 3 is 2.69 bits per heavy atom. The average molecular weight is 437 g/mol. The molecule has 7 heteroatoms. The van der Waals surface area contributed by atoms with Crippen molar-refractivity contribution in [3.8, 4) is 5.75 Å². The zero-order chi connectivity index (χ0) is 22.2. The van der Waals surface area contributed by atoms with Crippen LogP contribution in [0.1, 0.15) is 42.3 Å². The van der Waals surface area contributed by atoms with Gasteiger partial charge >= 0.3 is 0 Å². The van der Waals surface area contributed by atoms with Gasteiger partial charge in [0, 0.05) is 31.6 Å². The first kappa shape index (κ1) is 22.2. The predicted molar refractivity (Wildman–Crippen MR) is 119 cm³/mol. The molecule has 4 rings (SSSR count). The molecule has 0 aliphatic carbocycles. The number of aromatic nitrogens is 2. The zero-order valence-electron chi connectivity index (χ0n) is 17.9. The van der Waals surface area contributed by atoms with Gasteiger partial charge in [0.1, 0.15) is 12.7 Å². The summed E-state index contributed by atoms with van der Waals surface area (Å²) in [4.78, 5) is 17.4. The van der Waals surface area contributed by atoms with Crippen molar-refractivity contribution in [2.45, 2.75) is 44.8 Å². The number of aliphatic hydroxyl groups excluding tert-OH is 1. The molecule has 168 valence electrons. The molecule has 1 saturated heterocycles. The van der Waals surface area contributed by atoms with E-state index < -0.39 is 12.4 Å². The number of rotatable bonds is 9. The monoisotopic (exact) mass is 436 g/mol. The van der Waals surface area contributed by atoms with Crippen LogP contribution in [0.5, 0.6) is 5.75 Å². The number of aliphatic hydroxyl groups is 1. The third-order valence-electron chi connectivity index (χ3n) is 5.37. The third-order valence-corrected chi connectivity index (χ3v) is 5.37. The number of hydrogen-bond acceptors (Lipinski definition) is 6. The van der Waals surface area contributed by atoms with Crippen LogP contribution in [-0.4, -0.2) is 34.2 Å². The van der Waals surface area contributed by atoms with Crippen LogP contribution in [0.4, 0.5) is 0 Å². The van der Waals surface area contributed by atoms with E-state index in [1.165, 1.54) is 6.07 Å². The molecule has 1 N–H and O–H groups in total. The summed E-state index contributed by atoms with van der Waals surface area (Å²) in [5.74, 6) is 0.191. The second-order valence-electron chi connectivity index (χ2n) is 7.65. The van der Waals surface area contributed by atoms with Crippen molar-refractivity contribution < 1.29 is 19.3 Å². The SMILES string of the molecule is O=c1ccn(CCO)c(C(OC2CCCCO2)c2ccccn2)c1OCc1ccccc1. The minimum Gasteiger partial charge on any atom is -0.483 e. The van der Waals surface area contributed by atoms with Gasteiger partial charge in [-0.2, -0.15) is 0 Å². The molecule has 1 fully saturated rings. The molecule has 0 spiro atoms. The smallest absolute Gasteiger partial charge is 0.223 e. The summed E-state index contributed by atoms with van der Waals surface area (Å²) < 4.78 is 20.1. The Hall–Kier alpha value is -3.00. The lowest BCUT2D eigenvalue weighted by Crippen LogP contribution is -2.29. The fourth-order valence-electron chi connectivity index (χ4n) is 3.79. The number of ether oxygens (including phenoxy) is 3. The van der Waals surface area contributed by atoms with Gasteiger partial charge in [0.15, 0.2) is 12.0 Å². The van der Waals surface area contributed by atoms with Crippen LogP contribution in [-0.2, 0) is 22.6 Å². The standard InChI is InChI=1S/C25H28N2O5/c28-16-15-27-14-12-21(29)25(31-18-19-8-2-1-3-9-19)23(27)24(20-10-4-6-13-26-20)32-22-11-5-7-17-30-22/h1-4,6,8-10,12-14,22,24,28H,5,7,11,15-18H2. The highest BCUT2D eigenvalue weighted by atomic mass is 16.7. The second kappa shape index (κ2) is 11.0. The molecule has 2 atom stereocenters. The van der Waals surface area contributed by atoms with Crippen molar-refractivity contribution in [3.63, 3.8) is 0 Å². The van der Waals surface area contributed by atoms with Gasteiger partial charge < -0.3 is 23.9 Å². The number of benzene rings is 1. The number of hydrogen-bond donors (Lipinski definition) is 1. The van der Waals surface area contributed by atoms with Crippen LogP contribution in [0.2, 0.25) is 0 Å². The summed E-state index contributed by atoms with van der Waals surface area (Å²) >= 11 is 0. The molecule has 0 radical (unpaired) electrons. The third kappa shape index (κ3) is 5.43. The Labute approximate surface area is 187 Å². The molecule has 1 aliphatic rings. The first-order chi connectivity index (χ1) is 15.8. The minimum atomic E-state index is -0.689. The molecular weight excluding hydrogens is 408 g/mol. The molecular formula is C25H28N2O5. The summed E-state index contributed by atoms with van der Waals surface area (Å²) in [5.41, 5.74) is 1.86. The molecule has 0 amide bonds. The molecule has 0 saturated carbocycles. The van der Waals surface area contributed by atoms with Crippen LogP contribution in [0.25, 0.3) is 0 Å². The maximum atomic E-state index is 12.9. The van der Waals surface area contributed by atoms with Gasteiger partial charge in [-0.1, -0.05) is 36.4 Å². The van der Waals surface area contributed by atoms with Crippen molar-refractivity contribution in [2.24, 2.45) is 0 Å². The van der Waals surface area contributed by atoms with Gasteiger partial charge in [0.05, 0.1) is 18.0 Å². The highest BCUT2D eigenvalue weighted by Crippen LogP contribution is 2.33. The number of pyridine rings is 2. The van der Waals surface area contributed by atoms with E-state index in [9.17, 15) is 9.90 Å². The quantitative estimate of drug-likeness (QED) is 0.553. The van der Waals surface area contributed by atoms with Crippen LogP contribution < -0.4 is 10.2 Å². The lowest BCUT2D eigenvalue weighted by Gasteiger charge is -2.30. The van der Waals surface area contributed by atoms with E-state index in [0.717, 1.165) is 24.8 Å². The molecule has 7 nitrogen and oxygen atoms in total. The number of nitrogens with zero attached hydrogens (tertiary/aromatic N) is 2. The summed E-state index contributed by atoms with van der Waals surface area (Å²) in [6.45, 7) is 1.06. The van der Waals surface area contributed by atoms with Gasteiger partial charge in [0.25, 0.3) is 0 Å². The highest BCUT2D eigenvalue weighted by Gasteiger charge is 2.29. The predicted octanol–water partition coefficient (Wildman–Crippen LogP) is 3.45. The van der Waals surface area contributed by atoms with E-state index >= 15 is 0 Å². The topological polar surface area (TPSA) is 82.8 Å². The average Bonchev–Trinajstić information content (AvgIpc) is 2.85. The second-order valence-corrected chi connectivity index (χ2v) is 7.65. The van der Waals surface area contributed by atoms with E-state index in [4.69, 9.17) is 14.2 Å². The van der Waals surface area contributed by atoms with Crippen molar-refractivity contribution in [1.29, 1.82) is 0 Å². The molecule has 2 aromatic heterocycles. The molecule has 2 unspecified atom stereocenters. The Bertz CT molecular complexity index is 1030. The maximum Gasteiger partial charge on any atom is 0.223 e. The van der Waals surface area contributed by atoms with Crippen LogP contribution in [0.15, 0.2) is 71.8 Å². The summed E-state index contributed by atoms with van der Waals surface area (Å²) in [5, 5.41) is 9.67. The molecule has 1 aromatic carbocycles. The van der Waals surface area contributed by atoms with Gasteiger partial charge in [-0.05, 0) is 37.0 Å². The van der Waals surface area contributed by atoms with Gasteiger partial charge in [0.2, 0.25) is 5.43 Å². The lowest BCUT2D eigenvalue weighted by atomic mass is 10.1. The van der Waals surface area contributed by atoms with Gasteiger partial charge in [-0.25, -0.2) is 0 Å². The molecule has 32 heavy (non-hydrogen) atoms. The van der Waals surface area contributed by atoms with E-state index in [1.54, 1.807) is 17.0 Å². The highest BCUT2D eigenvalue weighted by molar-refractivity contribution is 5.35. The fraction of sp³-hybridized carbons (Fsp3) is 0.360. The Morgan fingerprint density at radius 2 is 1.97 bits per heavy atom. The normalized spacial score (nSPS) is 17.1. The van der Waals surface area contributed by atoms with E-state index in [2.05, 4.69) is 4.98 Å². The van der Waals surface area contributed by atoms with Crippen molar-refractivity contribution in [1.82, 2.24) is 9.55 Å². The minimum absolute atomic E-state index is 0.0944. The van der Waals surface area contributed by atoms with E-state index in [0.29, 0.717) is 18.0 Å². The summed E-state index contributed by atoms with van der Waals surface area (Å²) in [6, 6.07) is 16.7. The molecule has 0 bridgehead atoms. The lowest BCUT2D eigenvalue weighted by molar-refractivity contribution is -0.183. The van der Waals surface area contributed by atoms with E-state index in [-0.39, 0.29) is 30.9 Å². The molecule has 3 heterocycles.